The van der Waals surface area contributed by atoms with Crippen molar-refractivity contribution in [3.8, 4) is 5.75 Å². The number of pyridine rings is 2. The number of H-pyrrole nitrogens is 1. The van der Waals surface area contributed by atoms with Crippen LogP contribution in [-0.4, -0.2) is 78.0 Å². The summed E-state index contributed by atoms with van der Waals surface area (Å²) in [5.41, 5.74) is 3.85. The van der Waals surface area contributed by atoms with Crippen molar-refractivity contribution in [1.82, 2.24) is 20.6 Å². The van der Waals surface area contributed by atoms with Crippen LogP contribution in [0.25, 0.3) is 10.9 Å². The van der Waals surface area contributed by atoms with E-state index in [-0.39, 0.29) is 23.9 Å². The number of aryl methyl sites for hydroxylation is 1. The standard InChI is InChI=1S/C34H49N7O6/c1-3-27-26(31(39-22-13-17-46-18-14-22)25(19-35)33(40-27)37-4-2)20-38-34(45)47-16-8-6-5-7-15-36-21-29(43)23-9-11-28(42)32-24(23)10-12-30(44)41-32/h9-12,19,22,29,35-36,42-43H,3-8,13-18,20-21H2,1-2H3,(H,38,45)(H,41,44)(H2,37,39,40). The molecule has 47 heavy (non-hydrogen) atoms. The minimum Gasteiger partial charge on any atom is -0.506 e. The second-order valence-corrected chi connectivity index (χ2v) is 11.6. The first-order valence-corrected chi connectivity index (χ1v) is 16.6. The minimum absolute atomic E-state index is 0.0361. The Balaban J connectivity index is 1.18. The Morgan fingerprint density at radius 2 is 1.96 bits per heavy atom. The number of ether oxygens (including phenoxy) is 2. The lowest BCUT2D eigenvalue weighted by Crippen LogP contribution is -2.31. The third kappa shape index (κ3) is 9.90. The van der Waals surface area contributed by atoms with Gasteiger partial charge in [-0.2, -0.15) is 0 Å². The average molecular weight is 652 g/mol. The van der Waals surface area contributed by atoms with E-state index in [1.165, 1.54) is 18.3 Å². The fourth-order valence-electron chi connectivity index (χ4n) is 5.80. The molecule has 2 aromatic heterocycles. The molecule has 0 radical (unpaired) electrons. The predicted octanol–water partition coefficient (Wildman–Crippen LogP) is 4.32. The zero-order valence-corrected chi connectivity index (χ0v) is 27.4. The van der Waals surface area contributed by atoms with Crippen LogP contribution in [0.5, 0.6) is 5.75 Å². The first kappa shape index (κ1) is 35.7. The third-order valence-corrected chi connectivity index (χ3v) is 8.31. The number of amides is 1. The number of hydrogen-bond donors (Lipinski definition) is 8. The second-order valence-electron chi connectivity index (χ2n) is 11.6. The molecule has 0 spiro atoms. The lowest BCUT2D eigenvalue weighted by Gasteiger charge is -2.28. The number of anilines is 2. The van der Waals surface area contributed by atoms with Gasteiger partial charge in [-0.3, -0.25) is 4.79 Å². The fourth-order valence-corrected chi connectivity index (χ4v) is 5.80. The highest BCUT2D eigenvalue weighted by atomic mass is 16.5. The molecule has 3 heterocycles. The monoisotopic (exact) mass is 651 g/mol. The van der Waals surface area contributed by atoms with E-state index in [4.69, 9.17) is 19.9 Å². The van der Waals surface area contributed by atoms with Crippen molar-refractivity contribution in [3.63, 3.8) is 0 Å². The molecule has 3 aromatic rings. The van der Waals surface area contributed by atoms with Crippen LogP contribution in [0.3, 0.4) is 0 Å². The lowest BCUT2D eigenvalue weighted by atomic mass is 10.0. The summed E-state index contributed by atoms with van der Waals surface area (Å²) in [6.45, 7) is 7.68. The zero-order chi connectivity index (χ0) is 33.6. The number of aromatic amines is 1. The van der Waals surface area contributed by atoms with Crippen LogP contribution in [0, 0.1) is 5.41 Å². The van der Waals surface area contributed by atoms with Crippen LogP contribution in [0.4, 0.5) is 16.3 Å². The van der Waals surface area contributed by atoms with E-state index in [1.54, 1.807) is 12.1 Å². The molecule has 0 saturated carbocycles. The number of phenols is 1. The number of carbonyl (C=O) groups is 1. The third-order valence-electron chi connectivity index (χ3n) is 8.31. The number of aromatic hydroxyl groups is 1. The minimum atomic E-state index is -0.795. The van der Waals surface area contributed by atoms with Gasteiger partial charge in [0.05, 0.1) is 29.5 Å². The van der Waals surface area contributed by atoms with Gasteiger partial charge in [0.15, 0.2) is 0 Å². The normalized spacial score (nSPS) is 14.1. The number of hydrogen-bond acceptors (Lipinski definition) is 11. The number of nitrogens with zero attached hydrogens (tertiary/aromatic N) is 1. The first-order valence-electron chi connectivity index (χ1n) is 16.6. The Morgan fingerprint density at radius 1 is 1.17 bits per heavy atom. The summed E-state index contributed by atoms with van der Waals surface area (Å²) >= 11 is 0. The largest absolute Gasteiger partial charge is 0.506 e. The molecule has 8 N–H and O–H groups in total. The molecule has 1 fully saturated rings. The molecule has 1 aromatic carbocycles. The molecule has 13 heteroatoms. The number of nitrogens with one attached hydrogen (secondary N) is 6. The number of aromatic nitrogens is 2. The maximum atomic E-state index is 12.6. The van der Waals surface area contributed by atoms with Crippen molar-refractivity contribution < 1.29 is 24.5 Å². The summed E-state index contributed by atoms with van der Waals surface area (Å²) in [4.78, 5) is 31.6. The summed E-state index contributed by atoms with van der Waals surface area (Å²) < 4.78 is 11.0. The van der Waals surface area contributed by atoms with E-state index in [0.29, 0.717) is 73.7 Å². The zero-order valence-electron chi connectivity index (χ0n) is 27.4. The number of unbranched alkanes of at least 4 members (excludes halogenated alkanes) is 3. The smallest absolute Gasteiger partial charge is 0.407 e. The van der Waals surface area contributed by atoms with Gasteiger partial charge in [-0.25, -0.2) is 9.78 Å². The molecule has 1 unspecified atom stereocenters. The number of aliphatic hydroxyl groups excluding tert-OH is 1. The molecule has 1 amide bonds. The number of benzene rings is 1. The van der Waals surface area contributed by atoms with Crippen molar-refractivity contribution in [1.29, 1.82) is 5.41 Å². The van der Waals surface area contributed by atoms with Crippen molar-refractivity contribution >= 4 is 34.7 Å². The Kier molecular flexibility index (Phi) is 13.8. The molecular formula is C34H49N7O6. The first-order chi connectivity index (χ1) is 22.9. The van der Waals surface area contributed by atoms with E-state index in [1.807, 2.05) is 13.8 Å². The molecular weight excluding hydrogens is 602 g/mol. The second kappa shape index (κ2) is 18.2. The maximum absolute atomic E-state index is 12.6. The lowest BCUT2D eigenvalue weighted by molar-refractivity contribution is 0.0904. The van der Waals surface area contributed by atoms with E-state index in [2.05, 4.69) is 26.3 Å². The van der Waals surface area contributed by atoms with Gasteiger partial charge in [0, 0.05) is 67.8 Å². The van der Waals surface area contributed by atoms with Crippen LogP contribution in [0.2, 0.25) is 0 Å². The van der Waals surface area contributed by atoms with Crippen molar-refractivity contribution in [2.24, 2.45) is 0 Å². The molecule has 1 aliphatic heterocycles. The molecule has 4 rings (SSSR count). The Bertz CT molecular complexity index is 1540. The van der Waals surface area contributed by atoms with Crippen molar-refractivity contribution in [2.75, 3.05) is 50.1 Å². The van der Waals surface area contributed by atoms with Gasteiger partial charge in [-0.15, -0.1) is 0 Å². The van der Waals surface area contributed by atoms with Gasteiger partial charge in [-0.1, -0.05) is 25.8 Å². The highest BCUT2D eigenvalue weighted by Crippen LogP contribution is 2.31. The van der Waals surface area contributed by atoms with Gasteiger partial charge in [0.2, 0.25) is 5.56 Å². The Labute approximate surface area is 275 Å². The summed E-state index contributed by atoms with van der Waals surface area (Å²) in [5, 5.41) is 42.5. The predicted molar refractivity (Wildman–Crippen MR) is 184 cm³/mol. The fraction of sp³-hybridized carbons (Fsp3) is 0.529. The molecule has 13 nitrogen and oxygen atoms in total. The van der Waals surface area contributed by atoms with E-state index < -0.39 is 12.2 Å². The quantitative estimate of drug-likeness (QED) is 0.0725. The SMILES string of the molecule is CCNc1nc(CC)c(CNC(=O)OCCCCCCNCC(O)c2ccc(O)c3[nH]c(=O)ccc23)c(NC2CCOCC2)c1C=N. The summed E-state index contributed by atoms with van der Waals surface area (Å²) in [6.07, 6.45) is 5.91. The van der Waals surface area contributed by atoms with E-state index in [0.717, 1.165) is 55.5 Å². The van der Waals surface area contributed by atoms with Crippen molar-refractivity contribution in [3.05, 3.63) is 57.0 Å². The summed E-state index contributed by atoms with van der Waals surface area (Å²) in [7, 11) is 0. The summed E-state index contributed by atoms with van der Waals surface area (Å²) in [5.74, 6) is 0.627. The summed E-state index contributed by atoms with van der Waals surface area (Å²) in [6, 6.07) is 6.32. The number of alkyl carbamates (subject to hydrolysis) is 1. The molecule has 256 valence electrons. The number of rotatable bonds is 18. The van der Waals surface area contributed by atoms with Gasteiger partial charge in [0.25, 0.3) is 0 Å². The molecule has 1 saturated heterocycles. The van der Waals surface area contributed by atoms with Gasteiger partial charge in [0.1, 0.15) is 11.6 Å². The average Bonchev–Trinajstić information content (AvgIpc) is 3.07. The van der Waals surface area contributed by atoms with Crippen molar-refractivity contribution in [2.45, 2.75) is 77.5 Å². The molecule has 1 aliphatic rings. The van der Waals surface area contributed by atoms with Gasteiger partial charge < -0.3 is 51.3 Å². The number of carbonyl (C=O) groups excluding carboxylic acids is 1. The number of fused-ring (bicyclic) bond motifs is 1. The van der Waals surface area contributed by atoms with Crippen LogP contribution < -0.4 is 26.8 Å². The van der Waals surface area contributed by atoms with Crippen LogP contribution in [-0.2, 0) is 22.4 Å². The molecule has 0 bridgehead atoms. The van der Waals surface area contributed by atoms with Crippen LogP contribution >= 0.6 is 0 Å². The topological polar surface area (TPSA) is 194 Å². The Morgan fingerprint density at radius 3 is 2.70 bits per heavy atom. The number of aliphatic hydroxyl groups is 1. The molecule has 0 aliphatic carbocycles. The van der Waals surface area contributed by atoms with E-state index in [9.17, 15) is 19.8 Å². The number of phenolic OH excluding ortho intramolecular Hbond substituents is 1. The Hall–Kier alpha value is -4.20. The highest BCUT2D eigenvalue weighted by Gasteiger charge is 2.22. The van der Waals surface area contributed by atoms with Crippen LogP contribution in [0.15, 0.2) is 29.1 Å². The van der Waals surface area contributed by atoms with Gasteiger partial charge >= 0.3 is 6.09 Å². The van der Waals surface area contributed by atoms with Crippen LogP contribution in [0.1, 0.15) is 80.9 Å². The van der Waals surface area contributed by atoms with E-state index >= 15 is 0 Å². The highest BCUT2D eigenvalue weighted by molar-refractivity contribution is 5.94. The molecule has 1 atom stereocenters. The maximum Gasteiger partial charge on any atom is 0.407 e. The van der Waals surface area contributed by atoms with Gasteiger partial charge in [-0.05, 0) is 63.3 Å².